The summed E-state index contributed by atoms with van der Waals surface area (Å²) in [5.41, 5.74) is 0. The average Bonchev–Trinajstić information content (AvgIpc) is 2.53. The van der Waals surface area contributed by atoms with Crippen LogP contribution >= 0.6 is 0 Å². The lowest BCUT2D eigenvalue weighted by Crippen LogP contribution is -2.47. The molecule has 0 unspecified atom stereocenters. The summed E-state index contributed by atoms with van der Waals surface area (Å²) in [5, 5.41) is 3.39. The summed E-state index contributed by atoms with van der Waals surface area (Å²) in [6, 6.07) is 10.1. The van der Waals surface area contributed by atoms with Crippen molar-refractivity contribution in [2.24, 2.45) is 4.99 Å². The summed E-state index contributed by atoms with van der Waals surface area (Å²) in [4.78, 5) is 7.01. The van der Waals surface area contributed by atoms with Crippen LogP contribution in [0.1, 0.15) is 33.1 Å². The van der Waals surface area contributed by atoms with Gasteiger partial charge in [-0.1, -0.05) is 25.1 Å². The smallest absolute Gasteiger partial charge is 0.193 e. The van der Waals surface area contributed by atoms with Gasteiger partial charge >= 0.3 is 0 Å². The zero-order valence-corrected chi connectivity index (χ0v) is 13.2. The number of nitrogens with zero attached hydrogens (tertiary/aromatic N) is 2. The van der Waals surface area contributed by atoms with Crippen molar-refractivity contribution < 1.29 is 4.74 Å². The van der Waals surface area contributed by atoms with E-state index in [9.17, 15) is 0 Å². The van der Waals surface area contributed by atoms with Crippen molar-refractivity contribution in [1.82, 2.24) is 10.2 Å². The number of rotatable bonds is 5. The number of benzene rings is 1. The molecule has 1 aliphatic heterocycles. The molecule has 2 rings (SSSR count). The number of nitrogens with one attached hydrogen (secondary N) is 1. The van der Waals surface area contributed by atoms with Gasteiger partial charge in [-0.05, 0) is 25.5 Å². The van der Waals surface area contributed by atoms with E-state index in [-0.39, 0.29) is 0 Å². The Bertz CT molecular complexity index is 425. The van der Waals surface area contributed by atoms with Crippen molar-refractivity contribution in [3.8, 4) is 5.75 Å². The van der Waals surface area contributed by atoms with E-state index in [2.05, 4.69) is 29.1 Å². The maximum Gasteiger partial charge on any atom is 0.193 e. The Labute approximate surface area is 128 Å². The molecular formula is C17H27N3O. The Hall–Kier alpha value is -1.71. The highest BCUT2D eigenvalue weighted by Crippen LogP contribution is 2.18. The van der Waals surface area contributed by atoms with Crippen LogP contribution in [0.4, 0.5) is 0 Å². The molecule has 1 fully saturated rings. The van der Waals surface area contributed by atoms with Crippen molar-refractivity contribution in [2.45, 2.75) is 39.2 Å². The third-order valence-electron chi connectivity index (χ3n) is 3.61. The lowest BCUT2D eigenvalue weighted by molar-refractivity contribution is 0.129. The molecule has 1 aromatic carbocycles. The number of likely N-dealkylation sites (tertiary alicyclic amines) is 1. The first-order valence-corrected chi connectivity index (χ1v) is 8.08. The maximum atomic E-state index is 6.04. The maximum absolute atomic E-state index is 6.04. The van der Waals surface area contributed by atoms with E-state index in [1.807, 2.05) is 30.3 Å². The highest BCUT2D eigenvalue weighted by Gasteiger charge is 2.22. The zero-order chi connectivity index (χ0) is 14.9. The van der Waals surface area contributed by atoms with Crippen LogP contribution in [0.15, 0.2) is 35.3 Å². The Morgan fingerprint density at radius 3 is 2.57 bits per heavy atom. The lowest BCUT2D eigenvalue weighted by Gasteiger charge is -2.34. The van der Waals surface area contributed by atoms with Gasteiger partial charge in [-0.25, -0.2) is 0 Å². The first kappa shape index (κ1) is 15.7. The Kier molecular flexibility index (Phi) is 6.38. The van der Waals surface area contributed by atoms with Gasteiger partial charge in [0.25, 0.3) is 0 Å². The van der Waals surface area contributed by atoms with Gasteiger partial charge in [0.15, 0.2) is 5.96 Å². The molecule has 0 atom stereocenters. The van der Waals surface area contributed by atoms with Crippen LogP contribution in [0.2, 0.25) is 0 Å². The minimum atomic E-state index is 0.317. The fraction of sp³-hybridized carbons (Fsp3) is 0.588. The fourth-order valence-corrected chi connectivity index (χ4v) is 2.52. The van der Waals surface area contributed by atoms with Gasteiger partial charge in [0.2, 0.25) is 0 Å². The number of para-hydroxylation sites is 1. The van der Waals surface area contributed by atoms with E-state index >= 15 is 0 Å². The van der Waals surface area contributed by atoms with Gasteiger partial charge in [-0.3, -0.25) is 4.99 Å². The van der Waals surface area contributed by atoms with E-state index in [0.717, 1.165) is 57.2 Å². The van der Waals surface area contributed by atoms with E-state index < -0.39 is 0 Å². The second kappa shape index (κ2) is 8.55. The van der Waals surface area contributed by atoms with Crippen LogP contribution in [0.25, 0.3) is 0 Å². The minimum Gasteiger partial charge on any atom is -0.490 e. The van der Waals surface area contributed by atoms with Crippen LogP contribution in [0, 0.1) is 0 Å². The monoisotopic (exact) mass is 289 g/mol. The lowest BCUT2D eigenvalue weighted by atomic mass is 10.1. The van der Waals surface area contributed by atoms with Gasteiger partial charge in [0, 0.05) is 39.0 Å². The summed E-state index contributed by atoms with van der Waals surface area (Å²) >= 11 is 0. The Morgan fingerprint density at radius 1 is 1.24 bits per heavy atom. The first-order chi connectivity index (χ1) is 10.3. The third-order valence-corrected chi connectivity index (χ3v) is 3.61. The van der Waals surface area contributed by atoms with E-state index in [1.165, 1.54) is 0 Å². The van der Waals surface area contributed by atoms with Gasteiger partial charge in [-0.15, -0.1) is 0 Å². The highest BCUT2D eigenvalue weighted by atomic mass is 16.5. The molecule has 1 saturated heterocycles. The van der Waals surface area contributed by atoms with Gasteiger partial charge in [0.1, 0.15) is 11.9 Å². The average molecular weight is 289 g/mol. The molecule has 1 heterocycles. The minimum absolute atomic E-state index is 0.317. The zero-order valence-electron chi connectivity index (χ0n) is 13.2. The molecule has 1 aromatic rings. The van der Waals surface area contributed by atoms with Crippen molar-refractivity contribution in [3.63, 3.8) is 0 Å². The van der Waals surface area contributed by atoms with Crippen molar-refractivity contribution >= 4 is 5.96 Å². The molecule has 0 amide bonds. The number of hydrogen-bond donors (Lipinski definition) is 1. The van der Waals surface area contributed by atoms with Crippen LogP contribution < -0.4 is 10.1 Å². The van der Waals surface area contributed by atoms with Gasteiger partial charge < -0.3 is 15.0 Å². The van der Waals surface area contributed by atoms with Crippen LogP contribution in [0.5, 0.6) is 5.75 Å². The Morgan fingerprint density at radius 2 is 1.95 bits per heavy atom. The van der Waals surface area contributed by atoms with Crippen molar-refractivity contribution in [3.05, 3.63) is 30.3 Å². The van der Waals surface area contributed by atoms with Crippen molar-refractivity contribution in [2.75, 3.05) is 26.2 Å². The van der Waals surface area contributed by atoms with Crippen LogP contribution in [0.3, 0.4) is 0 Å². The Balaban J connectivity index is 1.84. The van der Waals surface area contributed by atoms with Gasteiger partial charge in [-0.2, -0.15) is 0 Å². The topological polar surface area (TPSA) is 36.9 Å². The molecule has 116 valence electrons. The fourth-order valence-electron chi connectivity index (χ4n) is 2.52. The molecule has 0 saturated carbocycles. The molecule has 1 aliphatic rings. The predicted molar refractivity (Wildman–Crippen MR) is 87.9 cm³/mol. The molecule has 0 aromatic heterocycles. The summed E-state index contributed by atoms with van der Waals surface area (Å²) in [6.45, 7) is 8.10. The molecule has 4 heteroatoms. The number of piperidine rings is 1. The molecule has 4 nitrogen and oxygen atoms in total. The molecule has 0 bridgehead atoms. The molecule has 0 spiro atoms. The molecule has 1 N–H and O–H groups in total. The molecule has 0 radical (unpaired) electrons. The number of hydrogen-bond acceptors (Lipinski definition) is 2. The number of ether oxygens (including phenoxy) is 1. The summed E-state index contributed by atoms with van der Waals surface area (Å²) < 4.78 is 6.04. The van der Waals surface area contributed by atoms with E-state index in [0.29, 0.717) is 6.10 Å². The number of aliphatic imine (C=N–C) groups is 1. The molecular weight excluding hydrogens is 262 g/mol. The first-order valence-electron chi connectivity index (χ1n) is 8.08. The highest BCUT2D eigenvalue weighted by molar-refractivity contribution is 5.80. The summed E-state index contributed by atoms with van der Waals surface area (Å²) in [6.07, 6.45) is 3.50. The van der Waals surface area contributed by atoms with E-state index in [4.69, 9.17) is 4.74 Å². The second-order valence-electron chi connectivity index (χ2n) is 5.35. The third kappa shape index (κ3) is 4.96. The van der Waals surface area contributed by atoms with Crippen LogP contribution in [-0.2, 0) is 0 Å². The van der Waals surface area contributed by atoms with Crippen molar-refractivity contribution in [1.29, 1.82) is 0 Å². The molecule has 0 aliphatic carbocycles. The standard InChI is InChI=1S/C17H27N3O/c1-3-12-19-17(18-4-2)20-13-10-16(11-14-20)21-15-8-6-5-7-9-15/h5-9,16H,3-4,10-14H2,1-2H3,(H,18,19). The summed E-state index contributed by atoms with van der Waals surface area (Å²) in [5.74, 6) is 2.03. The van der Waals surface area contributed by atoms with Gasteiger partial charge in [0.05, 0.1) is 0 Å². The summed E-state index contributed by atoms with van der Waals surface area (Å²) in [7, 11) is 0. The van der Waals surface area contributed by atoms with E-state index in [1.54, 1.807) is 0 Å². The number of guanidine groups is 1. The normalized spacial score (nSPS) is 16.9. The SMILES string of the molecule is CCCN=C(NCC)N1CCC(Oc2ccccc2)CC1. The predicted octanol–water partition coefficient (Wildman–Crippen LogP) is 2.91. The largest absolute Gasteiger partial charge is 0.490 e. The second-order valence-corrected chi connectivity index (χ2v) is 5.35. The van der Waals surface area contributed by atoms with Crippen LogP contribution in [-0.4, -0.2) is 43.1 Å². The molecule has 21 heavy (non-hydrogen) atoms. The quantitative estimate of drug-likeness (QED) is 0.669.